The topological polar surface area (TPSA) is 71.8 Å². The van der Waals surface area contributed by atoms with Gasteiger partial charge in [-0.3, -0.25) is 9.48 Å². The maximum absolute atomic E-state index is 12.2. The monoisotopic (exact) mass is 307 g/mol. The molecule has 1 amide bonds. The number of hydrogen-bond donors (Lipinski definition) is 2. The van der Waals surface area contributed by atoms with E-state index in [9.17, 15) is 4.79 Å². The van der Waals surface area contributed by atoms with Crippen LogP contribution in [0.5, 0.6) is 0 Å². The van der Waals surface area contributed by atoms with Crippen molar-refractivity contribution >= 4 is 23.3 Å². The van der Waals surface area contributed by atoms with Crippen molar-refractivity contribution in [2.45, 2.75) is 19.9 Å². The number of anilines is 1. The van der Waals surface area contributed by atoms with Crippen LogP contribution in [0.1, 0.15) is 28.7 Å². The van der Waals surface area contributed by atoms with Crippen LogP contribution in [-0.2, 0) is 20.0 Å². The molecule has 2 aromatic heterocycles. The minimum absolute atomic E-state index is 0.213. The molecule has 21 heavy (non-hydrogen) atoms. The van der Waals surface area contributed by atoms with E-state index in [2.05, 4.69) is 20.7 Å². The van der Waals surface area contributed by atoms with Crippen LogP contribution in [0.4, 0.5) is 5.82 Å². The van der Waals surface area contributed by atoms with Crippen LogP contribution < -0.4 is 10.6 Å². The van der Waals surface area contributed by atoms with Crippen LogP contribution in [0, 0.1) is 0 Å². The van der Waals surface area contributed by atoms with Gasteiger partial charge in [0.15, 0.2) is 0 Å². The van der Waals surface area contributed by atoms with Crippen LogP contribution in [0.15, 0.2) is 18.3 Å². The third-order valence-corrected chi connectivity index (χ3v) is 3.39. The molecule has 6 nitrogen and oxygen atoms in total. The summed E-state index contributed by atoms with van der Waals surface area (Å²) in [6, 6.07) is 3.37. The van der Waals surface area contributed by atoms with Crippen molar-refractivity contribution in [1.29, 1.82) is 0 Å². The Morgan fingerprint density at radius 1 is 1.43 bits per heavy atom. The van der Waals surface area contributed by atoms with Crippen molar-refractivity contribution in [3.8, 4) is 0 Å². The lowest BCUT2D eigenvalue weighted by Crippen LogP contribution is -2.24. The molecule has 2 heterocycles. The first-order valence-corrected chi connectivity index (χ1v) is 7.06. The lowest BCUT2D eigenvalue weighted by Gasteiger charge is -2.07. The van der Waals surface area contributed by atoms with Gasteiger partial charge >= 0.3 is 0 Å². The number of nitrogens with zero attached hydrogens (tertiary/aromatic N) is 3. The van der Waals surface area contributed by atoms with Gasteiger partial charge in [-0.05, 0) is 18.6 Å². The maximum Gasteiger partial charge on any atom is 0.271 e. The van der Waals surface area contributed by atoms with Gasteiger partial charge in [-0.1, -0.05) is 18.5 Å². The summed E-state index contributed by atoms with van der Waals surface area (Å²) in [6.45, 7) is 2.43. The smallest absolute Gasteiger partial charge is 0.271 e. The molecule has 0 bridgehead atoms. The Hall–Kier alpha value is -2.08. The number of amides is 1. The molecule has 0 unspecified atom stereocenters. The fourth-order valence-electron chi connectivity index (χ4n) is 2.03. The number of rotatable bonds is 5. The number of hydrogen-bond acceptors (Lipinski definition) is 4. The van der Waals surface area contributed by atoms with Gasteiger partial charge in [0.1, 0.15) is 11.5 Å². The second-order valence-electron chi connectivity index (χ2n) is 4.59. The zero-order valence-electron chi connectivity index (χ0n) is 12.3. The molecule has 0 aliphatic rings. The molecule has 0 saturated heterocycles. The quantitative estimate of drug-likeness (QED) is 0.886. The Bertz CT molecular complexity index is 653. The zero-order valence-corrected chi connectivity index (χ0v) is 13.0. The van der Waals surface area contributed by atoms with E-state index in [0.717, 1.165) is 17.7 Å². The highest BCUT2D eigenvalue weighted by molar-refractivity contribution is 6.33. The Kier molecular flexibility index (Phi) is 4.80. The SMILES string of the molecule is CCc1nn(C)cc1CNC(=O)c1nc(NC)ccc1Cl. The average Bonchev–Trinajstić information content (AvgIpc) is 2.85. The molecule has 0 aliphatic heterocycles. The second-order valence-corrected chi connectivity index (χ2v) is 5.00. The molecule has 2 aromatic rings. The van der Waals surface area contributed by atoms with Crippen LogP contribution in [-0.4, -0.2) is 27.7 Å². The molecule has 0 aromatic carbocycles. The van der Waals surface area contributed by atoms with Gasteiger partial charge in [-0.2, -0.15) is 5.10 Å². The Labute approximate surface area is 128 Å². The molecule has 0 radical (unpaired) electrons. The maximum atomic E-state index is 12.2. The van der Waals surface area contributed by atoms with Crippen LogP contribution in [0.3, 0.4) is 0 Å². The Morgan fingerprint density at radius 2 is 2.19 bits per heavy atom. The summed E-state index contributed by atoms with van der Waals surface area (Å²) in [7, 11) is 3.60. The van der Waals surface area contributed by atoms with E-state index < -0.39 is 0 Å². The number of carbonyl (C=O) groups is 1. The highest BCUT2D eigenvalue weighted by atomic mass is 35.5. The van der Waals surface area contributed by atoms with Gasteiger partial charge in [0.2, 0.25) is 0 Å². The van der Waals surface area contributed by atoms with Crippen molar-refractivity contribution in [1.82, 2.24) is 20.1 Å². The highest BCUT2D eigenvalue weighted by Crippen LogP contribution is 2.16. The number of pyridine rings is 1. The summed E-state index contributed by atoms with van der Waals surface area (Å²) in [4.78, 5) is 16.4. The van der Waals surface area contributed by atoms with Gasteiger partial charge in [-0.25, -0.2) is 4.98 Å². The third-order valence-electron chi connectivity index (χ3n) is 3.08. The molecule has 2 rings (SSSR count). The first-order chi connectivity index (χ1) is 10.0. The van der Waals surface area contributed by atoms with Crippen LogP contribution >= 0.6 is 11.6 Å². The molecule has 0 saturated carbocycles. The van der Waals surface area contributed by atoms with Crippen molar-refractivity contribution in [3.63, 3.8) is 0 Å². The fraction of sp³-hybridized carbons (Fsp3) is 0.357. The molecule has 0 fully saturated rings. The molecule has 2 N–H and O–H groups in total. The van der Waals surface area contributed by atoms with E-state index in [4.69, 9.17) is 11.6 Å². The molecular formula is C14H18ClN5O. The van der Waals surface area contributed by atoms with E-state index in [0.29, 0.717) is 17.4 Å². The predicted octanol–water partition coefficient (Wildman–Crippen LogP) is 2.00. The second kappa shape index (κ2) is 6.58. The van der Waals surface area contributed by atoms with E-state index in [1.54, 1.807) is 23.9 Å². The van der Waals surface area contributed by atoms with Crippen molar-refractivity contribution in [3.05, 3.63) is 40.3 Å². The van der Waals surface area contributed by atoms with Crippen LogP contribution in [0.2, 0.25) is 5.02 Å². The summed E-state index contributed by atoms with van der Waals surface area (Å²) in [6.07, 6.45) is 2.72. The van der Waals surface area contributed by atoms with Crippen molar-refractivity contribution in [2.75, 3.05) is 12.4 Å². The summed E-state index contributed by atoms with van der Waals surface area (Å²) < 4.78 is 1.74. The van der Waals surface area contributed by atoms with Gasteiger partial charge in [0.25, 0.3) is 5.91 Å². The normalized spacial score (nSPS) is 10.5. The molecule has 0 spiro atoms. The van der Waals surface area contributed by atoms with E-state index in [1.807, 2.05) is 20.2 Å². The van der Waals surface area contributed by atoms with E-state index in [1.165, 1.54) is 0 Å². The van der Waals surface area contributed by atoms with E-state index in [-0.39, 0.29) is 11.6 Å². The Balaban J connectivity index is 2.11. The van der Waals surface area contributed by atoms with Gasteiger partial charge in [0.05, 0.1) is 10.7 Å². The number of aryl methyl sites for hydroxylation is 2. The fourth-order valence-corrected chi connectivity index (χ4v) is 2.22. The first-order valence-electron chi connectivity index (χ1n) is 6.69. The van der Waals surface area contributed by atoms with Gasteiger partial charge in [-0.15, -0.1) is 0 Å². The van der Waals surface area contributed by atoms with Crippen molar-refractivity contribution in [2.24, 2.45) is 7.05 Å². The Morgan fingerprint density at radius 3 is 2.86 bits per heavy atom. The lowest BCUT2D eigenvalue weighted by atomic mass is 10.2. The first kappa shape index (κ1) is 15.3. The summed E-state index contributed by atoms with van der Waals surface area (Å²) >= 11 is 6.02. The van der Waals surface area contributed by atoms with E-state index >= 15 is 0 Å². The number of nitrogens with one attached hydrogen (secondary N) is 2. The zero-order chi connectivity index (χ0) is 15.4. The minimum atomic E-state index is -0.303. The summed E-state index contributed by atoms with van der Waals surface area (Å²) in [5.41, 5.74) is 2.18. The highest BCUT2D eigenvalue weighted by Gasteiger charge is 2.14. The largest absolute Gasteiger partial charge is 0.373 e. The minimum Gasteiger partial charge on any atom is -0.373 e. The lowest BCUT2D eigenvalue weighted by molar-refractivity contribution is 0.0946. The van der Waals surface area contributed by atoms with Crippen LogP contribution in [0.25, 0.3) is 0 Å². The summed E-state index contributed by atoms with van der Waals surface area (Å²) in [5.74, 6) is 0.295. The molecule has 0 atom stereocenters. The third kappa shape index (κ3) is 3.52. The molecule has 0 aliphatic carbocycles. The standard InChI is InChI=1S/C14H18ClN5O/c1-4-11-9(8-20(3)19-11)7-17-14(21)13-10(15)5-6-12(16-2)18-13/h5-6,8H,4,7H2,1-3H3,(H,16,18)(H,17,21). The van der Waals surface area contributed by atoms with Crippen molar-refractivity contribution < 1.29 is 4.79 Å². The molecule has 7 heteroatoms. The number of carbonyl (C=O) groups excluding carboxylic acids is 1. The number of aromatic nitrogens is 3. The average molecular weight is 308 g/mol. The predicted molar refractivity (Wildman–Crippen MR) is 82.5 cm³/mol. The van der Waals surface area contributed by atoms with Gasteiger partial charge in [0, 0.05) is 32.4 Å². The molecular weight excluding hydrogens is 290 g/mol. The summed E-state index contributed by atoms with van der Waals surface area (Å²) in [5, 5.41) is 10.4. The molecule has 112 valence electrons. The van der Waals surface area contributed by atoms with Gasteiger partial charge < -0.3 is 10.6 Å². The number of halogens is 1.